The minimum atomic E-state index is -4.25. The summed E-state index contributed by atoms with van der Waals surface area (Å²) >= 11 is 0. The fourth-order valence-corrected chi connectivity index (χ4v) is 1.92. The van der Waals surface area contributed by atoms with Gasteiger partial charge in [0.2, 0.25) is 5.91 Å². The molecule has 0 aromatic heterocycles. The molecule has 0 spiro atoms. The quantitative estimate of drug-likeness (QED) is 0.799. The summed E-state index contributed by atoms with van der Waals surface area (Å²) in [6, 6.07) is 0. The third kappa shape index (κ3) is 5.91. The minimum absolute atomic E-state index is 0.318. The lowest BCUT2D eigenvalue weighted by atomic mass is 9.88. The fourth-order valence-electron chi connectivity index (χ4n) is 1.92. The lowest BCUT2D eigenvalue weighted by molar-refractivity contribution is -0.144. The molecule has 0 aromatic rings. The second-order valence-electron chi connectivity index (χ2n) is 4.65. The maximum absolute atomic E-state index is 11.9. The minimum Gasteiger partial charge on any atom is -0.356 e. The standard InChI is InChI=1S/C11H19F3N2O/c1-8-3-5-15-6-9(8)7-16-10(17)2-4-11(12,13)14/h8-9,15H,2-7H2,1H3,(H,16,17). The molecule has 1 fully saturated rings. The molecule has 0 saturated carbocycles. The summed E-state index contributed by atoms with van der Waals surface area (Å²) in [5.41, 5.74) is 0. The van der Waals surface area contributed by atoms with Crippen LogP contribution < -0.4 is 10.6 Å². The van der Waals surface area contributed by atoms with Crippen molar-refractivity contribution in [3.63, 3.8) is 0 Å². The maximum Gasteiger partial charge on any atom is 0.389 e. The van der Waals surface area contributed by atoms with E-state index in [-0.39, 0.29) is 0 Å². The van der Waals surface area contributed by atoms with E-state index in [4.69, 9.17) is 0 Å². The monoisotopic (exact) mass is 252 g/mol. The third-order valence-electron chi connectivity index (χ3n) is 3.18. The number of carbonyl (C=O) groups excluding carboxylic acids is 1. The van der Waals surface area contributed by atoms with Crippen molar-refractivity contribution in [1.82, 2.24) is 10.6 Å². The van der Waals surface area contributed by atoms with Crippen LogP contribution in [0, 0.1) is 11.8 Å². The van der Waals surface area contributed by atoms with E-state index in [1.165, 1.54) is 0 Å². The van der Waals surface area contributed by atoms with Gasteiger partial charge in [0.15, 0.2) is 0 Å². The Morgan fingerprint density at radius 1 is 1.47 bits per heavy atom. The lowest BCUT2D eigenvalue weighted by Crippen LogP contribution is -2.42. The summed E-state index contributed by atoms with van der Waals surface area (Å²) in [6.07, 6.45) is -4.73. The van der Waals surface area contributed by atoms with Gasteiger partial charge >= 0.3 is 6.18 Å². The molecule has 0 radical (unpaired) electrons. The van der Waals surface area contributed by atoms with E-state index in [1.807, 2.05) is 0 Å². The van der Waals surface area contributed by atoms with Crippen molar-refractivity contribution in [2.24, 2.45) is 11.8 Å². The van der Waals surface area contributed by atoms with Gasteiger partial charge in [-0.2, -0.15) is 13.2 Å². The predicted molar refractivity (Wildman–Crippen MR) is 58.4 cm³/mol. The van der Waals surface area contributed by atoms with Crippen molar-refractivity contribution >= 4 is 5.91 Å². The number of hydrogen-bond donors (Lipinski definition) is 2. The van der Waals surface area contributed by atoms with Crippen molar-refractivity contribution in [2.75, 3.05) is 19.6 Å². The molecule has 6 heteroatoms. The van der Waals surface area contributed by atoms with Crippen molar-refractivity contribution < 1.29 is 18.0 Å². The van der Waals surface area contributed by atoms with Gasteiger partial charge in [-0.05, 0) is 31.3 Å². The molecular weight excluding hydrogens is 233 g/mol. The SMILES string of the molecule is CC1CCNCC1CNC(=O)CCC(F)(F)F. The van der Waals surface area contributed by atoms with Crippen molar-refractivity contribution in [1.29, 1.82) is 0 Å². The van der Waals surface area contributed by atoms with E-state index in [9.17, 15) is 18.0 Å². The highest BCUT2D eigenvalue weighted by Gasteiger charge is 2.28. The van der Waals surface area contributed by atoms with Crippen LogP contribution in [0.15, 0.2) is 0 Å². The molecule has 100 valence electrons. The fraction of sp³-hybridized carbons (Fsp3) is 0.909. The first kappa shape index (κ1) is 14.3. The molecule has 1 rings (SSSR count). The van der Waals surface area contributed by atoms with Gasteiger partial charge in [-0.15, -0.1) is 0 Å². The van der Waals surface area contributed by atoms with Gasteiger partial charge in [-0.25, -0.2) is 0 Å². The van der Waals surface area contributed by atoms with Crippen LogP contribution in [0.5, 0.6) is 0 Å². The molecule has 1 aliphatic rings. The summed E-state index contributed by atoms with van der Waals surface area (Å²) in [5.74, 6) is 0.304. The molecule has 2 unspecified atom stereocenters. The molecule has 2 atom stereocenters. The summed E-state index contributed by atoms with van der Waals surface area (Å²) in [4.78, 5) is 11.2. The molecule has 1 amide bonds. The van der Waals surface area contributed by atoms with Crippen LogP contribution >= 0.6 is 0 Å². The molecular formula is C11H19F3N2O. The molecule has 1 heterocycles. The number of hydrogen-bond acceptors (Lipinski definition) is 2. The van der Waals surface area contributed by atoms with Gasteiger partial charge in [-0.1, -0.05) is 6.92 Å². The normalized spacial score (nSPS) is 25.6. The Balaban J connectivity index is 2.19. The van der Waals surface area contributed by atoms with Gasteiger partial charge in [0, 0.05) is 13.0 Å². The Morgan fingerprint density at radius 2 is 2.18 bits per heavy atom. The number of carbonyl (C=O) groups is 1. The Labute approximate surface area is 99.1 Å². The number of nitrogens with one attached hydrogen (secondary N) is 2. The number of amides is 1. The zero-order valence-corrected chi connectivity index (χ0v) is 9.94. The highest BCUT2D eigenvalue weighted by Crippen LogP contribution is 2.21. The molecule has 0 aliphatic carbocycles. The molecule has 2 N–H and O–H groups in total. The largest absolute Gasteiger partial charge is 0.389 e. The second-order valence-corrected chi connectivity index (χ2v) is 4.65. The number of rotatable bonds is 4. The first-order chi connectivity index (χ1) is 7.88. The van der Waals surface area contributed by atoms with E-state index in [1.54, 1.807) is 0 Å². The van der Waals surface area contributed by atoms with Crippen LogP contribution in [-0.4, -0.2) is 31.7 Å². The summed E-state index contributed by atoms with van der Waals surface area (Å²) in [7, 11) is 0. The highest BCUT2D eigenvalue weighted by atomic mass is 19.4. The van der Waals surface area contributed by atoms with E-state index < -0.39 is 24.9 Å². The Hall–Kier alpha value is -0.780. The third-order valence-corrected chi connectivity index (χ3v) is 3.18. The zero-order valence-electron chi connectivity index (χ0n) is 9.94. The molecule has 1 saturated heterocycles. The zero-order chi connectivity index (χ0) is 12.9. The molecule has 3 nitrogen and oxygen atoms in total. The van der Waals surface area contributed by atoms with E-state index in [2.05, 4.69) is 17.6 Å². The average Bonchev–Trinajstić information content (AvgIpc) is 2.24. The van der Waals surface area contributed by atoms with Crippen LogP contribution in [0.1, 0.15) is 26.2 Å². The highest BCUT2D eigenvalue weighted by molar-refractivity contribution is 5.75. The molecule has 1 aliphatic heterocycles. The summed E-state index contributed by atoms with van der Waals surface area (Å²) in [5, 5.41) is 5.79. The Kier molecular flexibility index (Phi) is 5.24. The Morgan fingerprint density at radius 3 is 2.76 bits per heavy atom. The Bertz CT molecular complexity index is 256. The maximum atomic E-state index is 11.9. The number of alkyl halides is 3. The van der Waals surface area contributed by atoms with E-state index in [0.29, 0.717) is 18.4 Å². The van der Waals surface area contributed by atoms with E-state index >= 15 is 0 Å². The van der Waals surface area contributed by atoms with Gasteiger partial charge in [0.25, 0.3) is 0 Å². The smallest absolute Gasteiger partial charge is 0.356 e. The predicted octanol–water partition coefficient (Wildman–Crippen LogP) is 1.69. The van der Waals surface area contributed by atoms with Crippen LogP contribution in [-0.2, 0) is 4.79 Å². The van der Waals surface area contributed by atoms with E-state index in [0.717, 1.165) is 19.5 Å². The van der Waals surface area contributed by atoms with Gasteiger partial charge < -0.3 is 10.6 Å². The lowest BCUT2D eigenvalue weighted by Gasteiger charge is -2.29. The first-order valence-corrected chi connectivity index (χ1v) is 5.92. The molecule has 0 bridgehead atoms. The van der Waals surface area contributed by atoms with Crippen LogP contribution in [0.2, 0.25) is 0 Å². The molecule has 17 heavy (non-hydrogen) atoms. The van der Waals surface area contributed by atoms with Gasteiger partial charge in [0.05, 0.1) is 6.42 Å². The number of halogens is 3. The number of piperidine rings is 1. The average molecular weight is 252 g/mol. The molecule has 0 aromatic carbocycles. The van der Waals surface area contributed by atoms with Crippen LogP contribution in [0.4, 0.5) is 13.2 Å². The van der Waals surface area contributed by atoms with Crippen molar-refractivity contribution in [2.45, 2.75) is 32.4 Å². The second kappa shape index (κ2) is 6.23. The van der Waals surface area contributed by atoms with Crippen molar-refractivity contribution in [3.05, 3.63) is 0 Å². The topological polar surface area (TPSA) is 41.1 Å². The van der Waals surface area contributed by atoms with Crippen LogP contribution in [0.25, 0.3) is 0 Å². The van der Waals surface area contributed by atoms with Gasteiger partial charge in [-0.3, -0.25) is 4.79 Å². The van der Waals surface area contributed by atoms with Crippen molar-refractivity contribution in [3.8, 4) is 0 Å². The summed E-state index contributed by atoms with van der Waals surface area (Å²) in [6.45, 7) is 4.36. The summed E-state index contributed by atoms with van der Waals surface area (Å²) < 4.78 is 35.6. The first-order valence-electron chi connectivity index (χ1n) is 5.92. The van der Waals surface area contributed by atoms with Gasteiger partial charge in [0.1, 0.15) is 0 Å². The van der Waals surface area contributed by atoms with Crippen LogP contribution in [0.3, 0.4) is 0 Å².